The second-order valence-electron chi connectivity index (χ2n) is 4.15. The van der Waals surface area contributed by atoms with Crippen LogP contribution in [0.2, 0.25) is 0 Å². The van der Waals surface area contributed by atoms with Gasteiger partial charge in [-0.15, -0.1) is 0 Å². The van der Waals surface area contributed by atoms with E-state index in [0.717, 1.165) is 15.5 Å². The van der Waals surface area contributed by atoms with Gasteiger partial charge in [-0.05, 0) is 40.9 Å². The van der Waals surface area contributed by atoms with Crippen LogP contribution in [-0.4, -0.2) is 27.0 Å². The Bertz CT molecular complexity index is 388. The Balaban J connectivity index is 1.96. The lowest BCUT2D eigenvalue weighted by Gasteiger charge is -2.15. The fourth-order valence-corrected chi connectivity index (χ4v) is 3.60. The first-order chi connectivity index (χ1) is 8.20. The zero-order valence-corrected chi connectivity index (χ0v) is 12.2. The fourth-order valence-electron chi connectivity index (χ4n) is 2.14. The van der Waals surface area contributed by atoms with E-state index in [1.54, 1.807) is 0 Å². The molecule has 1 aliphatic carbocycles. The van der Waals surface area contributed by atoms with Crippen LogP contribution in [0.5, 0.6) is 0 Å². The molecule has 1 aromatic heterocycles. The van der Waals surface area contributed by atoms with E-state index in [-0.39, 0.29) is 0 Å². The van der Waals surface area contributed by atoms with Crippen molar-refractivity contribution >= 4 is 39.3 Å². The van der Waals surface area contributed by atoms with E-state index in [9.17, 15) is 0 Å². The van der Waals surface area contributed by atoms with Gasteiger partial charge in [-0.2, -0.15) is 11.8 Å². The molecule has 2 atom stereocenters. The van der Waals surface area contributed by atoms with Crippen LogP contribution < -0.4 is 11.1 Å². The summed E-state index contributed by atoms with van der Waals surface area (Å²) in [6.07, 6.45) is 5.19. The van der Waals surface area contributed by atoms with E-state index < -0.39 is 0 Å². The molecule has 0 amide bonds. The first-order valence-electron chi connectivity index (χ1n) is 5.84. The van der Waals surface area contributed by atoms with Crippen molar-refractivity contribution in [3.05, 3.63) is 10.8 Å². The number of nitrogens with zero attached hydrogens (tertiary/aromatic N) is 2. The summed E-state index contributed by atoms with van der Waals surface area (Å²) >= 11 is 5.47. The minimum Gasteiger partial charge on any atom is -0.383 e. The zero-order valence-electron chi connectivity index (χ0n) is 9.82. The molecule has 2 unspecified atom stereocenters. The number of anilines is 2. The summed E-state index contributed by atoms with van der Waals surface area (Å²) in [6, 6.07) is 0.504. The van der Waals surface area contributed by atoms with Crippen molar-refractivity contribution < 1.29 is 0 Å². The fraction of sp³-hybridized carbons (Fsp3) is 0.636. The first-order valence-corrected chi connectivity index (χ1v) is 7.69. The minimum absolute atomic E-state index is 0.486. The summed E-state index contributed by atoms with van der Waals surface area (Å²) in [4.78, 5) is 8.15. The van der Waals surface area contributed by atoms with Crippen LogP contribution in [0.15, 0.2) is 10.8 Å². The van der Waals surface area contributed by atoms with Gasteiger partial charge in [0.2, 0.25) is 0 Å². The number of aromatic nitrogens is 2. The van der Waals surface area contributed by atoms with Crippen molar-refractivity contribution in [2.45, 2.75) is 37.5 Å². The normalized spacial score (nSPS) is 23.9. The van der Waals surface area contributed by atoms with Gasteiger partial charge in [-0.1, -0.05) is 6.92 Å². The molecule has 0 aromatic carbocycles. The lowest BCUT2D eigenvalue weighted by molar-refractivity contribution is 0.750. The van der Waals surface area contributed by atoms with E-state index >= 15 is 0 Å². The van der Waals surface area contributed by atoms with Crippen molar-refractivity contribution in [2.24, 2.45) is 0 Å². The van der Waals surface area contributed by atoms with Crippen molar-refractivity contribution in [3.63, 3.8) is 0 Å². The Labute approximate surface area is 114 Å². The Kier molecular flexibility index (Phi) is 4.50. The van der Waals surface area contributed by atoms with E-state index in [4.69, 9.17) is 5.73 Å². The molecule has 1 saturated carbocycles. The number of nitrogens with one attached hydrogen (secondary N) is 1. The summed E-state index contributed by atoms with van der Waals surface area (Å²) in [7, 11) is 0. The predicted octanol–water partition coefficient (Wildman–Crippen LogP) is 2.91. The van der Waals surface area contributed by atoms with Crippen molar-refractivity contribution in [3.8, 4) is 0 Å². The smallest absolute Gasteiger partial charge is 0.146 e. The molecule has 0 radical (unpaired) electrons. The van der Waals surface area contributed by atoms with Gasteiger partial charge in [0.15, 0.2) is 0 Å². The standard InChI is InChI=1S/C11H17BrN4S/c1-2-17-8-4-3-7(5-8)16-11-9(12)10(13)14-6-15-11/h6-8H,2-5H2,1H3,(H3,13,14,15,16). The highest BCUT2D eigenvalue weighted by molar-refractivity contribution is 9.10. The molecular formula is C11H17BrN4S. The van der Waals surface area contributed by atoms with Gasteiger partial charge in [0, 0.05) is 11.3 Å². The molecular weight excluding hydrogens is 300 g/mol. The van der Waals surface area contributed by atoms with E-state index in [0.29, 0.717) is 11.9 Å². The van der Waals surface area contributed by atoms with Crippen LogP contribution in [0.3, 0.4) is 0 Å². The summed E-state index contributed by atoms with van der Waals surface area (Å²) in [6.45, 7) is 2.22. The number of rotatable bonds is 4. The largest absolute Gasteiger partial charge is 0.383 e. The minimum atomic E-state index is 0.486. The summed E-state index contributed by atoms with van der Waals surface area (Å²) in [5, 5.41) is 4.23. The Morgan fingerprint density at radius 2 is 2.35 bits per heavy atom. The van der Waals surface area contributed by atoms with Crippen LogP contribution in [0.1, 0.15) is 26.2 Å². The molecule has 2 rings (SSSR count). The Morgan fingerprint density at radius 3 is 3.12 bits per heavy atom. The van der Waals surface area contributed by atoms with E-state index in [1.165, 1.54) is 31.3 Å². The second-order valence-corrected chi connectivity index (χ2v) is 6.52. The van der Waals surface area contributed by atoms with Gasteiger partial charge in [0.25, 0.3) is 0 Å². The quantitative estimate of drug-likeness (QED) is 0.894. The molecule has 3 N–H and O–H groups in total. The zero-order chi connectivity index (χ0) is 12.3. The number of nitrogen functional groups attached to an aromatic ring is 1. The van der Waals surface area contributed by atoms with E-state index in [1.807, 2.05) is 0 Å². The summed E-state index contributed by atoms with van der Waals surface area (Å²) in [5.41, 5.74) is 5.73. The topological polar surface area (TPSA) is 63.8 Å². The van der Waals surface area contributed by atoms with Crippen molar-refractivity contribution in [1.82, 2.24) is 9.97 Å². The predicted molar refractivity (Wildman–Crippen MR) is 77.3 cm³/mol. The molecule has 6 heteroatoms. The Morgan fingerprint density at radius 1 is 1.53 bits per heavy atom. The highest BCUT2D eigenvalue weighted by atomic mass is 79.9. The van der Waals surface area contributed by atoms with Crippen LogP contribution in [0.4, 0.5) is 11.6 Å². The molecule has 1 aliphatic rings. The molecule has 4 nitrogen and oxygen atoms in total. The van der Waals surface area contributed by atoms with Gasteiger partial charge < -0.3 is 11.1 Å². The maximum absolute atomic E-state index is 5.73. The molecule has 0 aliphatic heterocycles. The molecule has 94 valence electrons. The molecule has 0 saturated heterocycles. The monoisotopic (exact) mass is 316 g/mol. The SMILES string of the molecule is CCSC1CCC(Nc2ncnc(N)c2Br)C1. The van der Waals surface area contributed by atoms with Crippen LogP contribution in [-0.2, 0) is 0 Å². The maximum Gasteiger partial charge on any atom is 0.146 e. The van der Waals surface area contributed by atoms with E-state index in [2.05, 4.69) is 49.9 Å². The van der Waals surface area contributed by atoms with Crippen LogP contribution in [0.25, 0.3) is 0 Å². The third-order valence-corrected chi connectivity index (χ3v) is 4.96. The third kappa shape index (κ3) is 3.25. The molecule has 0 bridgehead atoms. The number of nitrogens with two attached hydrogens (primary N) is 1. The lowest BCUT2D eigenvalue weighted by Crippen LogP contribution is -2.17. The molecule has 0 spiro atoms. The van der Waals surface area contributed by atoms with Crippen molar-refractivity contribution in [1.29, 1.82) is 0 Å². The highest BCUT2D eigenvalue weighted by Crippen LogP contribution is 2.33. The maximum atomic E-state index is 5.73. The number of halogens is 1. The molecule has 17 heavy (non-hydrogen) atoms. The highest BCUT2D eigenvalue weighted by Gasteiger charge is 2.25. The molecule has 1 aromatic rings. The van der Waals surface area contributed by atoms with Gasteiger partial charge in [-0.3, -0.25) is 0 Å². The average Bonchev–Trinajstić information content (AvgIpc) is 2.73. The molecule has 1 heterocycles. The van der Waals surface area contributed by atoms with Crippen LogP contribution in [0, 0.1) is 0 Å². The summed E-state index contributed by atoms with van der Waals surface area (Å²) in [5.74, 6) is 2.49. The number of hydrogen-bond acceptors (Lipinski definition) is 5. The second kappa shape index (κ2) is 5.91. The summed E-state index contributed by atoms with van der Waals surface area (Å²) < 4.78 is 0.770. The number of hydrogen-bond donors (Lipinski definition) is 2. The van der Waals surface area contributed by atoms with Gasteiger partial charge in [0.05, 0.1) is 0 Å². The third-order valence-electron chi connectivity index (χ3n) is 2.94. The number of thioether (sulfide) groups is 1. The Hall–Kier alpha value is -0.490. The van der Waals surface area contributed by atoms with Gasteiger partial charge in [-0.25, -0.2) is 9.97 Å². The molecule has 1 fully saturated rings. The first kappa shape index (κ1) is 13.0. The van der Waals surface area contributed by atoms with Gasteiger partial charge >= 0.3 is 0 Å². The van der Waals surface area contributed by atoms with Crippen molar-refractivity contribution in [2.75, 3.05) is 16.8 Å². The van der Waals surface area contributed by atoms with Crippen LogP contribution >= 0.6 is 27.7 Å². The average molecular weight is 317 g/mol. The lowest BCUT2D eigenvalue weighted by atomic mass is 10.2. The van der Waals surface area contributed by atoms with Gasteiger partial charge in [0.1, 0.15) is 22.4 Å².